The van der Waals surface area contributed by atoms with Crippen LogP contribution in [0.5, 0.6) is 0 Å². The van der Waals surface area contributed by atoms with Crippen LogP contribution in [0.4, 0.5) is 9.59 Å². The molecule has 8 heteroatoms. The lowest BCUT2D eigenvalue weighted by atomic mass is 10.4. The van der Waals surface area contributed by atoms with Crippen molar-refractivity contribution >= 4 is 36.6 Å². The fourth-order valence-electron chi connectivity index (χ4n) is 0.386. The van der Waals surface area contributed by atoms with Crippen LogP contribution in [0.15, 0.2) is 9.98 Å². The molecular weight excluding hydrogens is 202 g/mol. The third-order valence-corrected chi connectivity index (χ3v) is 0.741. The lowest BCUT2D eigenvalue weighted by Gasteiger charge is -1.89. The van der Waals surface area contributed by atoms with Gasteiger partial charge in [-0.15, -0.1) is 12.4 Å². The second kappa shape index (κ2) is 7.04. The summed E-state index contributed by atoms with van der Waals surface area (Å²) >= 11 is 0. The number of aliphatic imine (C=N–C) groups is 2. The van der Waals surface area contributed by atoms with E-state index < -0.39 is 12.2 Å². The normalized spacial score (nSPS) is 10.9. The largest absolute Gasteiger partial charge is 0.463 e. The Hall–Kier alpha value is -1.63. The molecule has 0 radical (unpaired) electrons. The number of amidine groups is 1. The van der Waals surface area contributed by atoms with Crippen LogP contribution in [-0.2, 0) is 0 Å². The summed E-state index contributed by atoms with van der Waals surface area (Å²) in [6.45, 7) is 0. The van der Waals surface area contributed by atoms with E-state index in [2.05, 4.69) is 9.98 Å². The van der Waals surface area contributed by atoms with E-state index in [1.807, 2.05) is 0 Å². The summed E-state index contributed by atoms with van der Waals surface area (Å²) < 4.78 is 0. The highest BCUT2D eigenvalue weighted by Crippen LogP contribution is 1.80. The molecule has 7 nitrogen and oxygen atoms in total. The zero-order valence-electron chi connectivity index (χ0n) is 6.38. The van der Waals surface area contributed by atoms with Gasteiger partial charge in [-0.05, 0) is 0 Å². The molecule has 0 rings (SSSR count). The molecule has 0 unspecified atom stereocenters. The number of nitrogens with two attached hydrogens (primary N) is 1. The summed E-state index contributed by atoms with van der Waals surface area (Å²) in [5.74, 6) is -0.201. The highest BCUT2D eigenvalue weighted by molar-refractivity contribution is 5.99. The van der Waals surface area contributed by atoms with E-state index in [4.69, 9.17) is 15.9 Å². The lowest BCUT2D eigenvalue weighted by Crippen LogP contribution is -2.14. The van der Waals surface area contributed by atoms with Crippen molar-refractivity contribution < 1.29 is 19.8 Å². The molecule has 0 saturated carbocycles. The van der Waals surface area contributed by atoms with Crippen molar-refractivity contribution in [2.45, 2.75) is 6.42 Å². The number of carbonyl (C=O) groups is 2. The maximum atomic E-state index is 9.88. The predicted octanol–water partition coefficient (Wildman–Crippen LogP) is 0.582. The van der Waals surface area contributed by atoms with Gasteiger partial charge in [0.15, 0.2) is 0 Å². The molecule has 0 aromatic heterocycles. The van der Waals surface area contributed by atoms with E-state index in [9.17, 15) is 9.59 Å². The Balaban J connectivity index is 0. The van der Waals surface area contributed by atoms with Gasteiger partial charge in [-0.25, -0.2) is 9.59 Å². The summed E-state index contributed by atoms with van der Waals surface area (Å²) in [5, 5.41) is 16.1. The molecule has 0 heterocycles. The third kappa shape index (κ3) is 10.4. The number of halogens is 1. The molecule has 0 aliphatic carbocycles. The van der Waals surface area contributed by atoms with Crippen LogP contribution in [0.1, 0.15) is 6.42 Å². The van der Waals surface area contributed by atoms with Crippen LogP contribution in [0, 0.1) is 0 Å². The number of hydrogen-bond acceptors (Lipinski definition) is 2. The summed E-state index contributed by atoms with van der Waals surface area (Å²) in [6.07, 6.45) is -1.92. The minimum Gasteiger partial charge on any atom is -0.463 e. The number of rotatable bonds is 2. The zero-order valence-corrected chi connectivity index (χ0v) is 7.19. The summed E-state index contributed by atoms with van der Waals surface area (Å²) in [4.78, 5) is 25.5. The molecule has 13 heavy (non-hydrogen) atoms. The molecule has 0 bridgehead atoms. The molecule has 74 valence electrons. The van der Waals surface area contributed by atoms with E-state index >= 15 is 0 Å². The molecule has 0 saturated heterocycles. The van der Waals surface area contributed by atoms with Crippen LogP contribution < -0.4 is 5.73 Å². The van der Waals surface area contributed by atoms with E-state index in [1.54, 1.807) is 0 Å². The van der Waals surface area contributed by atoms with Gasteiger partial charge in [0.1, 0.15) is 5.84 Å². The van der Waals surface area contributed by atoms with Crippen molar-refractivity contribution in [1.29, 1.82) is 0 Å². The Kier molecular flexibility index (Phi) is 7.54. The van der Waals surface area contributed by atoms with Gasteiger partial charge >= 0.3 is 12.2 Å². The van der Waals surface area contributed by atoms with E-state index in [0.29, 0.717) is 0 Å². The average molecular weight is 210 g/mol. The van der Waals surface area contributed by atoms with Crippen LogP contribution in [0.2, 0.25) is 0 Å². The quantitative estimate of drug-likeness (QED) is 0.453. The van der Waals surface area contributed by atoms with Crippen molar-refractivity contribution in [3.63, 3.8) is 0 Å². The van der Waals surface area contributed by atoms with Crippen LogP contribution in [0.3, 0.4) is 0 Å². The number of hydrogen-bond donors (Lipinski definition) is 3. The van der Waals surface area contributed by atoms with Gasteiger partial charge in [-0.3, -0.25) is 0 Å². The number of nitrogens with zero attached hydrogens (tertiary/aromatic N) is 2. The summed E-state index contributed by atoms with van der Waals surface area (Å²) in [7, 11) is 0. The fourth-order valence-corrected chi connectivity index (χ4v) is 0.386. The summed E-state index contributed by atoms with van der Waals surface area (Å²) in [6, 6.07) is 0. The molecule has 0 aromatic carbocycles. The molecule has 0 aromatic rings. The lowest BCUT2D eigenvalue weighted by molar-refractivity contribution is 0.204. The molecule has 0 atom stereocenters. The first kappa shape index (κ1) is 13.9. The first-order chi connectivity index (χ1) is 5.52. The monoisotopic (exact) mass is 209 g/mol. The van der Waals surface area contributed by atoms with Crippen molar-refractivity contribution in [2.75, 3.05) is 0 Å². The van der Waals surface area contributed by atoms with Gasteiger partial charge in [0.25, 0.3) is 0 Å². The van der Waals surface area contributed by atoms with Gasteiger partial charge in [0, 0.05) is 12.6 Å². The maximum absolute atomic E-state index is 9.88. The van der Waals surface area contributed by atoms with Crippen LogP contribution in [-0.4, -0.2) is 34.4 Å². The minimum absolute atomic E-state index is 0. The smallest absolute Gasteiger partial charge is 0.432 e. The zero-order chi connectivity index (χ0) is 9.56. The number of carboxylic acid groups (broad SMARTS) is 2. The van der Waals surface area contributed by atoms with E-state index in [-0.39, 0.29) is 24.7 Å². The maximum Gasteiger partial charge on any atom is 0.432 e. The van der Waals surface area contributed by atoms with Crippen molar-refractivity contribution in [3.05, 3.63) is 0 Å². The highest BCUT2D eigenvalue weighted by Gasteiger charge is 1.94. The Bertz CT molecular complexity index is 250. The van der Waals surface area contributed by atoms with Gasteiger partial charge < -0.3 is 15.9 Å². The first-order valence-corrected chi connectivity index (χ1v) is 2.83. The van der Waals surface area contributed by atoms with E-state index in [0.717, 1.165) is 6.21 Å². The Morgan fingerprint density at radius 2 is 1.85 bits per heavy atom. The van der Waals surface area contributed by atoms with Crippen LogP contribution in [0.25, 0.3) is 0 Å². The van der Waals surface area contributed by atoms with Crippen molar-refractivity contribution in [1.82, 2.24) is 0 Å². The second-order valence-electron chi connectivity index (χ2n) is 1.68. The summed E-state index contributed by atoms with van der Waals surface area (Å²) in [5.41, 5.74) is 5.05. The average Bonchev–Trinajstić information content (AvgIpc) is 1.84. The molecule has 0 aliphatic rings. The molecule has 4 N–H and O–H groups in total. The molecule has 0 spiro atoms. The standard InChI is InChI=1S/C5H7N3O4.ClH/c6-3(8-5(11)12)1-2-7-4(9)10;/h2H,1H2,(H2,6,8)(H,9,10)(H,11,12);1H. The Morgan fingerprint density at radius 1 is 1.31 bits per heavy atom. The minimum atomic E-state index is -1.42. The fraction of sp³-hybridized carbons (Fsp3) is 0.200. The Labute approximate surface area is 79.4 Å². The SMILES string of the molecule is Cl.NC(CC=NC(=O)O)=NC(=O)O. The third-order valence-electron chi connectivity index (χ3n) is 0.741. The molecule has 0 fully saturated rings. The second-order valence-corrected chi connectivity index (χ2v) is 1.68. The molecular formula is C5H8ClN3O4. The predicted molar refractivity (Wildman–Crippen MR) is 48.0 cm³/mol. The molecule has 0 aliphatic heterocycles. The highest BCUT2D eigenvalue weighted by atomic mass is 35.5. The first-order valence-electron chi connectivity index (χ1n) is 2.83. The van der Waals surface area contributed by atoms with Crippen molar-refractivity contribution in [2.24, 2.45) is 15.7 Å². The van der Waals surface area contributed by atoms with Gasteiger partial charge in [0.2, 0.25) is 0 Å². The number of amides is 2. The van der Waals surface area contributed by atoms with Crippen molar-refractivity contribution in [3.8, 4) is 0 Å². The van der Waals surface area contributed by atoms with Gasteiger partial charge in [-0.2, -0.15) is 9.98 Å². The van der Waals surface area contributed by atoms with Gasteiger partial charge in [0.05, 0.1) is 0 Å². The van der Waals surface area contributed by atoms with Crippen LogP contribution >= 0.6 is 12.4 Å². The topological polar surface area (TPSA) is 125 Å². The Morgan fingerprint density at radius 3 is 2.23 bits per heavy atom. The van der Waals surface area contributed by atoms with Gasteiger partial charge in [-0.1, -0.05) is 0 Å². The van der Waals surface area contributed by atoms with E-state index in [1.165, 1.54) is 0 Å². The molecule has 2 amide bonds.